The zero-order chi connectivity index (χ0) is 13.7. The number of rotatable bonds is 2. The van der Waals surface area contributed by atoms with E-state index < -0.39 is 24.2 Å². The first-order valence-electron chi connectivity index (χ1n) is 4.45. The Hall–Kier alpha value is -1.19. The van der Waals surface area contributed by atoms with E-state index in [0.29, 0.717) is 0 Å². The van der Waals surface area contributed by atoms with Gasteiger partial charge in [-0.1, -0.05) is 0 Å². The van der Waals surface area contributed by atoms with Crippen molar-refractivity contribution in [1.82, 2.24) is 9.55 Å². The van der Waals surface area contributed by atoms with Crippen molar-refractivity contribution in [3.63, 3.8) is 0 Å². The van der Waals surface area contributed by atoms with Gasteiger partial charge in [-0.25, -0.2) is 13.4 Å². The molecule has 0 fully saturated rings. The molecule has 0 unspecified atom stereocenters. The van der Waals surface area contributed by atoms with Gasteiger partial charge < -0.3 is 4.57 Å². The van der Waals surface area contributed by atoms with Gasteiger partial charge >= 0.3 is 10.2 Å². The number of aromatic nitrogens is 2. The molecule has 0 aliphatic carbocycles. The lowest BCUT2D eigenvalue weighted by Crippen LogP contribution is -1.95. The van der Waals surface area contributed by atoms with Crippen LogP contribution in [-0.4, -0.2) is 26.4 Å². The molecule has 2 aromatic heterocycles. The van der Waals surface area contributed by atoms with E-state index in [0.717, 1.165) is 12.3 Å². The molecule has 0 aliphatic rings. The van der Waals surface area contributed by atoms with Gasteiger partial charge in [-0.05, 0) is 6.07 Å². The predicted molar refractivity (Wildman–Crippen MR) is 62.0 cm³/mol. The summed E-state index contributed by atoms with van der Waals surface area (Å²) in [4.78, 5) is 2.66. The molecule has 0 atom stereocenters. The third-order valence-electron chi connectivity index (χ3n) is 2.30. The quantitative estimate of drug-likeness (QED) is 0.777. The van der Waals surface area contributed by atoms with Gasteiger partial charge in [-0.3, -0.25) is 0 Å². The van der Waals surface area contributed by atoms with Gasteiger partial charge in [0.25, 0.3) is 9.05 Å². The van der Waals surface area contributed by atoms with Crippen molar-refractivity contribution >= 4 is 41.0 Å². The summed E-state index contributed by atoms with van der Waals surface area (Å²) in [5, 5.41) is -0.0498. The topological polar surface area (TPSA) is 86.1 Å². The van der Waals surface area contributed by atoms with E-state index in [1.165, 1.54) is 17.8 Å². The smallest absolute Gasteiger partial charge is 0.333 e. The second-order valence-corrected chi connectivity index (χ2v) is 7.40. The van der Waals surface area contributed by atoms with Crippen LogP contribution in [0.3, 0.4) is 0 Å². The first kappa shape index (κ1) is 13.2. The average Bonchev–Trinajstić information content (AvgIpc) is 2.54. The lowest BCUT2D eigenvalue weighted by Gasteiger charge is -1.97. The summed E-state index contributed by atoms with van der Waals surface area (Å²) in [7, 11) is -2.32. The Bertz CT molecular complexity index is 841. The van der Waals surface area contributed by atoms with Crippen molar-refractivity contribution in [1.29, 1.82) is 0 Å². The molecule has 2 aromatic rings. The number of hydrogen-bond acceptors (Lipinski definition) is 5. The van der Waals surface area contributed by atoms with Crippen molar-refractivity contribution in [2.45, 2.75) is 9.79 Å². The van der Waals surface area contributed by atoms with Crippen molar-refractivity contribution in [2.24, 2.45) is 7.05 Å². The molecule has 0 radical (unpaired) electrons. The van der Waals surface area contributed by atoms with E-state index >= 15 is 0 Å². The van der Waals surface area contributed by atoms with Crippen LogP contribution < -0.4 is 0 Å². The largest absolute Gasteiger partial charge is 0.334 e. The fourth-order valence-corrected chi connectivity index (χ4v) is 3.04. The van der Waals surface area contributed by atoms with E-state index in [1.54, 1.807) is 0 Å². The maximum absolute atomic E-state index is 12.8. The number of pyridine rings is 1. The molecule has 0 N–H and O–H groups in total. The van der Waals surface area contributed by atoms with Crippen LogP contribution in [0.15, 0.2) is 28.3 Å². The van der Waals surface area contributed by atoms with Crippen molar-refractivity contribution in [3.05, 3.63) is 18.5 Å². The van der Waals surface area contributed by atoms with Crippen molar-refractivity contribution < 1.29 is 20.7 Å². The van der Waals surface area contributed by atoms with Crippen LogP contribution in [-0.2, 0) is 26.3 Å². The number of aryl methyl sites for hydroxylation is 1. The fourth-order valence-electron chi connectivity index (χ4n) is 1.53. The summed E-state index contributed by atoms with van der Waals surface area (Å²) in [5.41, 5.74) is 0.182. The molecule has 6 nitrogen and oxygen atoms in total. The second kappa shape index (κ2) is 3.90. The van der Waals surface area contributed by atoms with Gasteiger partial charge in [0.2, 0.25) is 0 Å². The fraction of sp³-hybridized carbons (Fsp3) is 0.125. The minimum atomic E-state index is -4.96. The normalized spacial score (nSPS) is 13.1. The maximum Gasteiger partial charge on any atom is 0.333 e. The highest BCUT2D eigenvalue weighted by Gasteiger charge is 2.21. The van der Waals surface area contributed by atoms with Crippen LogP contribution in [0, 0.1) is 0 Å². The molecule has 0 bridgehead atoms. The van der Waals surface area contributed by atoms with Gasteiger partial charge in [-0.2, -0.15) is 8.42 Å². The van der Waals surface area contributed by atoms with E-state index in [2.05, 4.69) is 4.98 Å². The highest BCUT2D eigenvalue weighted by molar-refractivity contribution is 8.14. The average molecular weight is 313 g/mol. The first-order valence-corrected chi connectivity index (χ1v) is 8.14. The monoisotopic (exact) mass is 312 g/mol. The molecule has 0 saturated carbocycles. The molecule has 10 heteroatoms. The summed E-state index contributed by atoms with van der Waals surface area (Å²) in [6, 6.07) is 0.882. The van der Waals surface area contributed by atoms with Gasteiger partial charge in [0.1, 0.15) is 15.4 Å². The standard InChI is InChI=1S/C8H6ClFN2O4S2/c1-12-4-7(17(9,13)14)6-2-5(18(10,15)16)3-11-8(6)12/h2-4H,1H3. The van der Waals surface area contributed by atoms with Crippen LogP contribution >= 0.6 is 10.7 Å². The Labute approximate surface area is 107 Å². The zero-order valence-electron chi connectivity index (χ0n) is 8.83. The second-order valence-electron chi connectivity index (χ2n) is 3.52. The molecular formula is C8H6ClFN2O4S2. The predicted octanol–water partition coefficient (Wildman–Crippen LogP) is 1.16. The lowest BCUT2D eigenvalue weighted by atomic mass is 10.3. The molecule has 18 heavy (non-hydrogen) atoms. The summed E-state index contributed by atoms with van der Waals surface area (Å²) < 4.78 is 58.3. The van der Waals surface area contributed by atoms with Crippen LogP contribution in [0.2, 0.25) is 0 Å². The molecule has 0 amide bonds. The van der Waals surface area contributed by atoms with Crippen molar-refractivity contribution in [2.75, 3.05) is 0 Å². The summed E-state index contributed by atoms with van der Waals surface area (Å²) in [5.74, 6) is 0. The molecule has 0 spiro atoms. The molecule has 98 valence electrons. The summed E-state index contributed by atoms with van der Waals surface area (Å²) in [6.45, 7) is 0. The Morgan fingerprint density at radius 1 is 1.33 bits per heavy atom. The van der Waals surface area contributed by atoms with Crippen LogP contribution in [0.4, 0.5) is 3.89 Å². The third kappa shape index (κ3) is 2.20. The summed E-state index contributed by atoms with van der Waals surface area (Å²) in [6.07, 6.45) is 1.98. The van der Waals surface area contributed by atoms with Gasteiger partial charge in [-0.15, -0.1) is 3.89 Å². The summed E-state index contributed by atoms with van der Waals surface area (Å²) >= 11 is 0. The Balaban J connectivity index is 2.92. The van der Waals surface area contributed by atoms with Gasteiger partial charge in [0, 0.05) is 29.3 Å². The number of fused-ring (bicyclic) bond motifs is 1. The maximum atomic E-state index is 12.8. The van der Waals surface area contributed by atoms with Gasteiger partial charge in [0.05, 0.1) is 6.20 Å². The SMILES string of the molecule is Cn1cc(S(=O)(=O)Cl)c2cc(S(=O)(=O)F)cnc21. The van der Waals surface area contributed by atoms with Crippen LogP contribution in [0.1, 0.15) is 0 Å². The van der Waals surface area contributed by atoms with E-state index in [-0.39, 0.29) is 15.9 Å². The Kier molecular flexibility index (Phi) is 2.87. The number of nitrogens with zero attached hydrogens (tertiary/aromatic N) is 2. The lowest BCUT2D eigenvalue weighted by molar-refractivity contribution is 0.551. The highest BCUT2D eigenvalue weighted by Crippen LogP contribution is 2.28. The van der Waals surface area contributed by atoms with Crippen LogP contribution in [0.25, 0.3) is 11.0 Å². The molecular weight excluding hydrogens is 307 g/mol. The minimum Gasteiger partial charge on any atom is -0.334 e. The Morgan fingerprint density at radius 2 is 1.94 bits per heavy atom. The molecule has 0 aliphatic heterocycles. The zero-order valence-corrected chi connectivity index (χ0v) is 11.2. The van der Waals surface area contributed by atoms with Crippen molar-refractivity contribution in [3.8, 4) is 0 Å². The third-order valence-corrected chi connectivity index (χ3v) is 4.43. The minimum absolute atomic E-state index is 0.0498. The molecule has 0 saturated heterocycles. The molecule has 2 heterocycles. The molecule has 0 aromatic carbocycles. The first-order chi connectivity index (χ1) is 8.10. The van der Waals surface area contributed by atoms with Crippen LogP contribution in [0.5, 0.6) is 0 Å². The Morgan fingerprint density at radius 3 is 2.44 bits per heavy atom. The highest BCUT2D eigenvalue weighted by atomic mass is 35.7. The van der Waals surface area contributed by atoms with E-state index in [4.69, 9.17) is 10.7 Å². The van der Waals surface area contributed by atoms with E-state index in [9.17, 15) is 20.7 Å². The number of halogens is 2. The molecule has 2 rings (SSSR count). The van der Waals surface area contributed by atoms with E-state index in [1.807, 2.05) is 0 Å². The van der Waals surface area contributed by atoms with Gasteiger partial charge in [0.15, 0.2) is 0 Å². The number of hydrogen-bond donors (Lipinski definition) is 0.